The number of rotatable bonds is 9. The summed E-state index contributed by atoms with van der Waals surface area (Å²) in [7, 11) is -1.55. The summed E-state index contributed by atoms with van der Waals surface area (Å²) >= 11 is 0. The van der Waals surface area contributed by atoms with Gasteiger partial charge in [-0.1, -0.05) is 18.2 Å². The molecular formula is C20H24BNO8. The zero-order chi connectivity index (χ0) is 21.8. The number of aryl methyl sites for hydroxylation is 1. The molecule has 0 spiro atoms. The van der Waals surface area contributed by atoms with Gasteiger partial charge in [0.1, 0.15) is 35.1 Å². The van der Waals surface area contributed by atoms with E-state index in [9.17, 15) is 25.2 Å². The van der Waals surface area contributed by atoms with E-state index in [1.165, 1.54) is 12.1 Å². The molecule has 30 heavy (non-hydrogen) atoms. The Bertz CT molecular complexity index is 883. The van der Waals surface area contributed by atoms with Gasteiger partial charge in [0.05, 0.1) is 0 Å². The van der Waals surface area contributed by atoms with Crippen LogP contribution in [0.3, 0.4) is 0 Å². The predicted molar refractivity (Wildman–Crippen MR) is 108 cm³/mol. The minimum absolute atomic E-state index is 0.0194. The Labute approximate surface area is 173 Å². The van der Waals surface area contributed by atoms with E-state index in [1.54, 1.807) is 29.2 Å². The number of phenols is 2. The van der Waals surface area contributed by atoms with E-state index in [0.29, 0.717) is 19.5 Å². The molecule has 160 valence electrons. The van der Waals surface area contributed by atoms with E-state index in [2.05, 4.69) is 0 Å². The van der Waals surface area contributed by atoms with Crippen molar-refractivity contribution >= 4 is 13.1 Å². The summed E-state index contributed by atoms with van der Waals surface area (Å²) in [6, 6.07) is 9.49. The Kier molecular flexibility index (Phi) is 6.83. The lowest BCUT2D eigenvalue weighted by atomic mass is 9.82. The number of carboxylic acid groups (broad SMARTS) is 1. The summed E-state index contributed by atoms with van der Waals surface area (Å²) in [6.45, 7) is 0.773. The number of carboxylic acids is 1. The highest BCUT2D eigenvalue weighted by Crippen LogP contribution is 2.34. The van der Waals surface area contributed by atoms with E-state index >= 15 is 0 Å². The first-order valence-electron chi connectivity index (χ1n) is 9.55. The minimum atomic E-state index is -1.55. The number of nitrogens with zero attached hydrogens (tertiary/aromatic N) is 1. The zero-order valence-corrected chi connectivity index (χ0v) is 16.2. The number of likely N-dealkylation sites (tertiary alicyclic amines) is 1. The molecule has 3 rings (SSSR count). The summed E-state index contributed by atoms with van der Waals surface area (Å²) in [6.07, 6.45) is -0.649. The smallest absolute Gasteiger partial charge is 0.451 e. The van der Waals surface area contributed by atoms with Crippen molar-refractivity contribution in [3.05, 3.63) is 53.1 Å². The second kappa shape index (κ2) is 9.35. The fraction of sp³-hybridized carbons (Fsp3) is 0.350. The number of aromatic carboxylic acids is 1. The van der Waals surface area contributed by atoms with E-state index in [0.717, 1.165) is 5.56 Å². The van der Waals surface area contributed by atoms with Gasteiger partial charge >= 0.3 is 13.1 Å². The number of aliphatic hydroxyl groups is 1. The lowest BCUT2D eigenvalue weighted by Crippen LogP contribution is -2.58. The largest absolute Gasteiger partial charge is 0.508 e. The van der Waals surface area contributed by atoms with Crippen molar-refractivity contribution in [1.29, 1.82) is 0 Å². The molecule has 1 saturated heterocycles. The SMILES string of the molecule is O=C(O)c1c(OC2CN(C(O)Cc3ccc(O)cc3)C2)ccc(CCB(O)O)c1O. The Balaban J connectivity index is 1.60. The number of phenolic OH excluding ortho intramolecular Hbond substituents is 1. The molecule has 0 aromatic heterocycles. The second-order valence-electron chi connectivity index (χ2n) is 7.32. The van der Waals surface area contributed by atoms with Crippen LogP contribution in [0.5, 0.6) is 17.2 Å². The van der Waals surface area contributed by atoms with Crippen LogP contribution in [0, 0.1) is 0 Å². The minimum Gasteiger partial charge on any atom is -0.508 e. The Morgan fingerprint density at radius 2 is 1.80 bits per heavy atom. The highest BCUT2D eigenvalue weighted by Gasteiger charge is 2.34. The maximum absolute atomic E-state index is 11.6. The molecular weight excluding hydrogens is 393 g/mol. The molecule has 6 N–H and O–H groups in total. The van der Waals surface area contributed by atoms with E-state index in [1.807, 2.05) is 0 Å². The molecule has 0 radical (unpaired) electrons. The van der Waals surface area contributed by atoms with Crippen molar-refractivity contribution in [2.75, 3.05) is 13.1 Å². The van der Waals surface area contributed by atoms with Crippen LogP contribution in [0.4, 0.5) is 0 Å². The molecule has 1 aliphatic heterocycles. The van der Waals surface area contributed by atoms with Gasteiger partial charge in [-0.2, -0.15) is 0 Å². The number of hydrogen-bond donors (Lipinski definition) is 6. The maximum Gasteiger partial charge on any atom is 0.451 e. The summed E-state index contributed by atoms with van der Waals surface area (Å²) in [5.41, 5.74) is 0.779. The Hall–Kier alpha value is -2.79. The van der Waals surface area contributed by atoms with Gasteiger partial charge in [0.25, 0.3) is 0 Å². The molecule has 1 aliphatic rings. The molecule has 10 heteroatoms. The highest BCUT2D eigenvalue weighted by atomic mass is 16.5. The van der Waals surface area contributed by atoms with Gasteiger partial charge in [-0.05, 0) is 42.1 Å². The first kappa shape index (κ1) is 21.9. The van der Waals surface area contributed by atoms with Crippen molar-refractivity contribution in [1.82, 2.24) is 4.90 Å². The van der Waals surface area contributed by atoms with Crippen LogP contribution < -0.4 is 4.74 Å². The van der Waals surface area contributed by atoms with E-state index in [-0.39, 0.29) is 41.5 Å². The average molecular weight is 417 g/mol. The Morgan fingerprint density at radius 1 is 1.13 bits per heavy atom. The Morgan fingerprint density at radius 3 is 2.40 bits per heavy atom. The third-order valence-corrected chi connectivity index (χ3v) is 5.06. The van der Waals surface area contributed by atoms with Gasteiger partial charge in [0, 0.05) is 19.5 Å². The van der Waals surface area contributed by atoms with E-state index in [4.69, 9.17) is 14.8 Å². The lowest BCUT2D eigenvalue weighted by molar-refractivity contribution is -0.0891. The normalized spacial score (nSPS) is 15.4. The topological polar surface area (TPSA) is 151 Å². The van der Waals surface area contributed by atoms with Gasteiger partial charge in [-0.25, -0.2) is 4.79 Å². The molecule has 2 aromatic rings. The molecule has 1 fully saturated rings. The van der Waals surface area contributed by atoms with Crippen LogP contribution in [0.1, 0.15) is 21.5 Å². The third-order valence-electron chi connectivity index (χ3n) is 5.06. The van der Waals surface area contributed by atoms with Gasteiger partial charge in [0.15, 0.2) is 0 Å². The van der Waals surface area contributed by atoms with Crippen LogP contribution in [-0.4, -0.2) is 73.9 Å². The number of hydrogen-bond acceptors (Lipinski definition) is 8. The maximum atomic E-state index is 11.6. The fourth-order valence-electron chi connectivity index (χ4n) is 3.35. The third kappa shape index (κ3) is 5.22. The quantitative estimate of drug-likeness (QED) is 0.319. The van der Waals surface area contributed by atoms with Gasteiger partial charge in [-0.15, -0.1) is 0 Å². The summed E-state index contributed by atoms with van der Waals surface area (Å²) in [5.74, 6) is -1.63. The molecule has 1 unspecified atom stereocenters. The highest BCUT2D eigenvalue weighted by molar-refractivity contribution is 6.41. The summed E-state index contributed by atoms with van der Waals surface area (Å²) in [5, 5.41) is 57.3. The van der Waals surface area contributed by atoms with Crippen molar-refractivity contribution < 1.29 is 40.0 Å². The number of carbonyl (C=O) groups is 1. The fourth-order valence-corrected chi connectivity index (χ4v) is 3.35. The lowest BCUT2D eigenvalue weighted by Gasteiger charge is -2.42. The molecule has 0 saturated carbocycles. The summed E-state index contributed by atoms with van der Waals surface area (Å²) in [4.78, 5) is 13.4. The second-order valence-corrected chi connectivity index (χ2v) is 7.32. The molecule has 0 aliphatic carbocycles. The zero-order valence-electron chi connectivity index (χ0n) is 16.2. The molecule has 0 bridgehead atoms. The number of benzene rings is 2. The molecule has 1 atom stereocenters. The molecule has 9 nitrogen and oxygen atoms in total. The average Bonchev–Trinajstić information content (AvgIpc) is 2.64. The molecule has 0 amide bonds. The molecule has 1 heterocycles. The summed E-state index contributed by atoms with van der Waals surface area (Å²) < 4.78 is 5.73. The van der Waals surface area contributed by atoms with Gasteiger partial charge in [-0.3, -0.25) is 4.90 Å². The van der Waals surface area contributed by atoms with Crippen LogP contribution in [0.15, 0.2) is 36.4 Å². The van der Waals surface area contributed by atoms with Crippen LogP contribution in [0.25, 0.3) is 0 Å². The van der Waals surface area contributed by atoms with Crippen molar-refractivity contribution in [2.45, 2.75) is 31.5 Å². The molecule has 2 aromatic carbocycles. The number of aromatic hydroxyl groups is 2. The van der Waals surface area contributed by atoms with Gasteiger partial charge in [0.2, 0.25) is 0 Å². The van der Waals surface area contributed by atoms with Crippen molar-refractivity contribution in [2.24, 2.45) is 0 Å². The van der Waals surface area contributed by atoms with Crippen LogP contribution in [0.2, 0.25) is 6.32 Å². The van der Waals surface area contributed by atoms with E-state index < -0.39 is 25.1 Å². The number of ether oxygens (including phenoxy) is 1. The monoisotopic (exact) mass is 417 g/mol. The van der Waals surface area contributed by atoms with Gasteiger partial charge < -0.3 is 35.2 Å². The van der Waals surface area contributed by atoms with Crippen LogP contribution >= 0.6 is 0 Å². The predicted octanol–water partition coefficient (Wildman–Crippen LogP) is 0.435. The van der Waals surface area contributed by atoms with Crippen molar-refractivity contribution in [3.63, 3.8) is 0 Å². The number of aliphatic hydroxyl groups excluding tert-OH is 1. The first-order valence-corrected chi connectivity index (χ1v) is 9.55. The first-order chi connectivity index (χ1) is 14.2. The van der Waals surface area contributed by atoms with Crippen LogP contribution in [-0.2, 0) is 12.8 Å². The standard InChI is InChI=1S/C20H24BNO8/c23-14-4-1-12(2-5-14)9-17(24)22-10-15(11-22)30-16-6-3-13(7-8-21(28)29)19(25)18(16)20(26)27/h1-6,15,17,23-25,28-29H,7-11H2,(H,26,27). The van der Waals surface area contributed by atoms with Crippen molar-refractivity contribution in [3.8, 4) is 17.2 Å².